The van der Waals surface area contributed by atoms with Crippen LogP contribution in [0.5, 0.6) is 0 Å². The van der Waals surface area contributed by atoms with E-state index in [4.69, 9.17) is 0 Å². The Morgan fingerprint density at radius 3 is 1.24 bits per heavy atom. The third-order valence-corrected chi connectivity index (χ3v) is 7.93. The number of nitrogens with one attached hydrogen (secondary N) is 2. The van der Waals surface area contributed by atoms with E-state index in [0.29, 0.717) is 5.92 Å². The fourth-order valence-electron chi connectivity index (χ4n) is 6.53. The highest BCUT2D eigenvalue weighted by molar-refractivity contribution is 5.62. The van der Waals surface area contributed by atoms with Crippen LogP contribution >= 0.6 is 0 Å². The van der Waals surface area contributed by atoms with Crippen LogP contribution in [0.25, 0.3) is 0 Å². The molecular formula is C35H40N2. The molecule has 0 radical (unpaired) electrons. The summed E-state index contributed by atoms with van der Waals surface area (Å²) < 4.78 is 0. The summed E-state index contributed by atoms with van der Waals surface area (Å²) in [7, 11) is 0. The molecule has 1 aliphatic rings. The summed E-state index contributed by atoms with van der Waals surface area (Å²) >= 11 is 0. The van der Waals surface area contributed by atoms with Crippen LogP contribution in [0.4, 0.5) is 22.7 Å². The second kappa shape index (κ2) is 10.1. The number of aryl methyl sites for hydroxylation is 2. The summed E-state index contributed by atoms with van der Waals surface area (Å²) in [4.78, 5) is 0. The summed E-state index contributed by atoms with van der Waals surface area (Å²) in [6.07, 6.45) is 3.60. The maximum atomic E-state index is 3.56. The van der Waals surface area contributed by atoms with E-state index in [0.717, 1.165) is 29.2 Å². The van der Waals surface area contributed by atoms with Crippen LogP contribution in [-0.2, 0) is 5.41 Å². The van der Waals surface area contributed by atoms with Gasteiger partial charge in [0.25, 0.3) is 0 Å². The highest BCUT2D eigenvalue weighted by atomic mass is 14.9. The molecule has 2 N–H and O–H groups in total. The molecule has 1 atom stereocenters. The molecule has 1 saturated carbocycles. The van der Waals surface area contributed by atoms with Crippen molar-refractivity contribution in [1.29, 1.82) is 0 Å². The van der Waals surface area contributed by atoms with E-state index in [1.165, 1.54) is 35.1 Å². The van der Waals surface area contributed by atoms with Crippen molar-refractivity contribution >= 4 is 22.7 Å². The largest absolute Gasteiger partial charge is 0.356 e. The van der Waals surface area contributed by atoms with Crippen LogP contribution in [0.15, 0.2) is 97.1 Å². The minimum Gasteiger partial charge on any atom is -0.356 e. The molecule has 0 saturated heterocycles. The van der Waals surface area contributed by atoms with Gasteiger partial charge in [-0.15, -0.1) is 0 Å². The summed E-state index contributed by atoms with van der Waals surface area (Å²) in [6.45, 7) is 11.6. The average Bonchev–Trinajstić information content (AvgIpc) is 2.86. The quantitative estimate of drug-likeness (QED) is 0.282. The van der Waals surface area contributed by atoms with Gasteiger partial charge in [-0.3, -0.25) is 0 Å². The fraction of sp³-hybridized carbons (Fsp3) is 0.314. The third kappa shape index (κ3) is 5.74. The molecule has 0 bridgehead atoms. The first-order valence-corrected chi connectivity index (χ1v) is 13.6. The van der Waals surface area contributed by atoms with Crippen molar-refractivity contribution in [3.05, 3.63) is 119 Å². The van der Waals surface area contributed by atoms with E-state index < -0.39 is 0 Å². The molecule has 37 heavy (non-hydrogen) atoms. The van der Waals surface area contributed by atoms with Crippen molar-refractivity contribution in [2.45, 2.75) is 59.3 Å². The molecule has 1 unspecified atom stereocenters. The molecule has 0 aliphatic heterocycles. The van der Waals surface area contributed by atoms with Gasteiger partial charge in [0.15, 0.2) is 0 Å². The van der Waals surface area contributed by atoms with E-state index in [1.54, 1.807) is 0 Å². The number of benzene rings is 4. The summed E-state index contributed by atoms with van der Waals surface area (Å²) in [5.74, 6) is 0.666. The Hall–Kier alpha value is -3.52. The van der Waals surface area contributed by atoms with Crippen molar-refractivity contribution in [3.8, 4) is 0 Å². The van der Waals surface area contributed by atoms with Crippen LogP contribution in [-0.4, -0.2) is 0 Å². The zero-order valence-electron chi connectivity index (χ0n) is 22.9. The fourth-order valence-corrected chi connectivity index (χ4v) is 6.53. The molecule has 190 valence electrons. The van der Waals surface area contributed by atoms with Crippen molar-refractivity contribution in [3.63, 3.8) is 0 Å². The molecular weight excluding hydrogens is 448 g/mol. The first-order valence-electron chi connectivity index (χ1n) is 13.6. The standard InChI is InChI=1S/C35H40N2/c1-25-6-14-30(15-7-25)36-32-18-10-28(11-19-32)35(23-27(3)22-34(4,5)24-35)29-12-20-33(21-13-29)37-31-16-8-26(2)9-17-31/h6-21,27,36-37H,22-24H2,1-5H3. The van der Waals surface area contributed by atoms with E-state index >= 15 is 0 Å². The number of hydrogen-bond donors (Lipinski definition) is 2. The van der Waals surface area contributed by atoms with Crippen molar-refractivity contribution in [2.24, 2.45) is 11.3 Å². The Kier molecular flexibility index (Phi) is 6.86. The first-order chi connectivity index (χ1) is 17.7. The zero-order chi connectivity index (χ0) is 26.0. The highest BCUT2D eigenvalue weighted by Crippen LogP contribution is 2.53. The predicted octanol–water partition coefficient (Wildman–Crippen LogP) is 9.92. The lowest BCUT2D eigenvalue weighted by molar-refractivity contribution is 0.127. The van der Waals surface area contributed by atoms with Crippen molar-refractivity contribution in [2.75, 3.05) is 10.6 Å². The molecule has 4 aromatic rings. The summed E-state index contributed by atoms with van der Waals surface area (Å²) in [5, 5.41) is 7.13. The van der Waals surface area contributed by atoms with Crippen LogP contribution in [0.3, 0.4) is 0 Å². The summed E-state index contributed by atoms with van der Waals surface area (Å²) in [6, 6.07) is 35.5. The Morgan fingerprint density at radius 2 is 0.892 bits per heavy atom. The lowest BCUT2D eigenvalue weighted by atomic mass is 9.55. The summed E-state index contributed by atoms with van der Waals surface area (Å²) in [5.41, 5.74) is 10.2. The van der Waals surface area contributed by atoms with Gasteiger partial charge in [0.1, 0.15) is 0 Å². The number of rotatable bonds is 6. The maximum absolute atomic E-state index is 3.56. The zero-order valence-corrected chi connectivity index (χ0v) is 22.9. The van der Waals surface area contributed by atoms with E-state index in [1.807, 2.05) is 0 Å². The molecule has 1 fully saturated rings. The smallest absolute Gasteiger partial charge is 0.0384 e. The predicted molar refractivity (Wildman–Crippen MR) is 159 cm³/mol. The van der Waals surface area contributed by atoms with Gasteiger partial charge < -0.3 is 10.6 Å². The molecule has 5 rings (SSSR count). The number of anilines is 4. The topological polar surface area (TPSA) is 24.1 Å². The van der Waals surface area contributed by atoms with Gasteiger partial charge >= 0.3 is 0 Å². The van der Waals surface area contributed by atoms with Gasteiger partial charge in [-0.2, -0.15) is 0 Å². The van der Waals surface area contributed by atoms with E-state index in [9.17, 15) is 0 Å². The Morgan fingerprint density at radius 1 is 0.541 bits per heavy atom. The normalized spacial score (nSPS) is 18.2. The van der Waals surface area contributed by atoms with Crippen LogP contribution in [0, 0.1) is 25.2 Å². The molecule has 0 aromatic heterocycles. The number of hydrogen-bond acceptors (Lipinski definition) is 2. The second-order valence-corrected chi connectivity index (χ2v) is 12.1. The average molecular weight is 489 g/mol. The monoisotopic (exact) mass is 488 g/mol. The van der Waals surface area contributed by atoms with Crippen molar-refractivity contribution < 1.29 is 0 Å². The van der Waals surface area contributed by atoms with E-state index in [2.05, 4.69) is 142 Å². The Labute approximate surface area is 223 Å². The maximum Gasteiger partial charge on any atom is 0.0384 e. The molecule has 1 aliphatic carbocycles. The highest BCUT2D eigenvalue weighted by Gasteiger charge is 2.45. The lowest BCUT2D eigenvalue weighted by Crippen LogP contribution is -2.41. The molecule has 2 nitrogen and oxygen atoms in total. The van der Waals surface area contributed by atoms with Crippen molar-refractivity contribution in [1.82, 2.24) is 0 Å². The minimum atomic E-state index is 0.00590. The van der Waals surface area contributed by atoms with Gasteiger partial charge in [-0.25, -0.2) is 0 Å². The van der Waals surface area contributed by atoms with Gasteiger partial charge in [0.05, 0.1) is 0 Å². The van der Waals surface area contributed by atoms with Gasteiger partial charge in [-0.1, -0.05) is 80.4 Å². The Balaban J connectivity index is 1.45. The second-order valence-electron chi connectivity index (χ2n) is 12.1. The van der Waals surface area contributed by atoms with Gasteiger partial charge in [0, 0.05) is 28.2 Å². The Bertz CT molecular complexity index is 1220. The SMILES string of the molecule is Cc1ccc(Nc2ccc(C3(c4ccc(Nc5ccc(C)cc5)cc4)CC(C)CC(C)(C)C3)cc2)cc1. The molecule has 0 amide bonds. The third-order valence-electron chi connectivity index (χ3n) is 7.93. The first kappa shape index (κ1) is 25.1. The molecule has 2 heteroatoms. The molecule has 0 spiro atoms. The molecule has 0 heterocycles. The van der Waals surface area contributed by atoms with Crippen LogP contribution in [0.2, 0.25) is 0 Å². The lowest BCUT2D eigenvalue weighted by Gasteiger charge is -2.48. The minimum absolute atomic E-state index is 0.00590. The molecule has 4 aromatic carbocycles. The van der Waals surface area contributed by atoms with Crippen LogP contribution in [0.1, 0.15) is 62.3 Å². The van der Waals surface area contributed by atoms with Gasteiger partial charge in [-0.05, 0) is 104 Å². The van der Waals surface area contributed by atoms with Crippen LogP contribution < -0.4 is 10.6 Å². The van der Waals surface area contributed by atoms with E-state index in [-0.39, 0.29) is 10.8 Å². The van der Waals surface area contributed by atoms with Gasteiger partial charge in [0.2, 0.25) is 0 Å².